The Morgan fingerprint density at radius 2 is 2.04 bits per heavy atom. The molecule has 1 aliphatic heterocycles. The van der Waals surface area contributed by atoms with Crippen LogP contribution in [0.2, 0.25) is 0 Å². The summed E-state index contributed by atoms with van der Waals surface area (Å²) >= 11 is 0. The number of benzene rings is 1. The van der Waals surface area contributed by atoms with Crippen LogP contribution in [0.1, 0.15) is 48.5 Å². The van der Waals surface area contributed by atoms with Gasteiger partial charge >= 0.3 is 0 Å². The molecule has 0 atom stereocenters. The Hall–Kier alpha value is -2.30. The maximum absolute atomic E-state index is 12.8. The molecule has 0 radical (unpaired) electrons. The van der Waals surface area contributed by atoms with Gasteiger partial charge in [-0.25, -0.2) is 4.98 Å². The highest BCUT2D eigenvalue weighted by atomic mass is 16.4. The van der Waals surface area contributed by atoms with Crippen LogP contribution in [0.3, 0.4) is 0 Å². The van der Waals surface area contributed by atoms with Crippen molar-refractivity contribution in [2.75, 3.05) is 25.5 Å². The fourth-order valence-corrected chi connectivity index (χ4v) is 2.79. The quantitative estimate of drug-likeness (QED) is 0.850. The first-order valence-corrected chi connectivity index (χ1v) is 8.31. The molecular formula is C19H25N3O2. The van der Waals surface area contributed by atoms with Crippen LogP contribution in [0.15, 0.2) is 28.7 Å². The first kappa shape index (κ1) is 16.6. The third kappa shape index (κ3) is 3.16. The van der Waals surface area contributed by atoms with Gasteiger partial charge in [-0.05, 0) is 18.2 Å². The zero-order valence-electron chi connectivity index (χ0n) is 15.1. The van der Waals surface area contributed by atoms with E-state index >= 15 is 0 Å². The first-order valence-electron chi connectivity index (χ1n) is 8.31. The fraction of sp³-hybridized carbons (Fsp3) is 0.474. The molecule has 1 aromatic carbocycles. The van der Waals surface area contributed by atoms with Crippen LogP contribution < -0.4 is 4.90 Å². The number of oxazole rings is 1. The number of fused-ring (bicyclic) bond motifs is 1. The van der Waals surface area contributed by atoms with E-state index in [-0.39, 0.29) is 11.3 Å². The molecule has 5 nitrogen and oxygen atoms in total. The molecule has 1 aliphatic rings. The molecule has 2 aromatic rings. The van der Waals surface area contributed by atoms with E-state index < -0.39 is 0 Å². The number of hydrogen-bond acceptors (Lipinski definition) is 4. The highest BCUT2D eigenvalue weighted by Crippen LogP contribution is 2.28. The summed E-state index contributed by atoms with van der Waals surface area (Å²) < 4.78 is 5.90. The predicted molar refractivity (Wildman–Crippen MR) is 94.4 cm³/mol. The number of carbonyl (C=O) groups is 1. The van der Waals surface area contributed by atoms with Crippen LogP contribution in [-0.4, -0.2) is 36.4 Å². The number of aromatic nitrogens is 1. The van der Waals surface area contributed by atoms with Crippen molar-refractivity contribution in [1.82, 2.24) is 9.88 Å². The normalized spacial score (nSPS) is 14.5. The summed E-state index contributed by atoms with van der Waals surface area (Å²) in [6, 6.07) is 7.72. The molecule has 0 saturated carbocycles. The average molecular weight is 327 g/mol. The summed E-state index contributed by atoms with van der Waals surface area (Å²) in [6.45, 7) is 7.43. The van der Waals surface area contributed by atoms with Gasteiger partial charge in [-0.3, -0.25) is 4.79 Å². The van der Waals surface area contributed by atoms with E-state index in [4.69, 9.17) is 4.42 Å². The molecule has 1 aromatic heterocycles. The van der Waals surface area contributed by atoms with Crippen LogP contribution in [0, 0.1) is 0 Å². The number of carbonyl (C=O) groups excluding carboxylic acids is 1. The van der Waals surface area contributed by atoms with Gasteiger partial charge in [0, 0.05) is 43.7 Å². The molecule has 0 fully saturated rings. The van der Waals surface area contributed by atoms with Gasteiger partial charge < -0.3 is 14.2 Å². The molecule has 0 unspecified atom stereocenters. The Labute approximate surface area is 143 Å². The lowest BCUT2D eigenvalue weighted by Crippen LogP contribution is -2.35. The highest BCUT2D eigenvalue weighted by molar-refractivity contribution is 5.95. The van der Waals surface area contributed by atoms with Gasteiger partial charge in [0.1, 0.15) is 11.5 Å². The molecule has 0 aliphatic carbocycles. The minimum absolute atomic E-state index is 0.0460. The lowest BCUT2D eigenvalue weighted by Gasteiger charge is -2.26. The van der Waals surface area contributed by atoms with E-state index in [1.165, 1.54) is 0 Å². The van der Waals surface area contributed by atoms with Gasteiger partial charge in [0.05, 0.1) is 6.54 Å². The number of amides is 1. The summed E-state index contributed by atoms with van der Waals surface area (Å²) in [6.07, 6.45) is 0.720. The zero-order chi connectivity index (χ0) is 17.5. The van der Waals surface area contributed by atoms with E-state index in [2.05, 4.69) is 25.8 Å². The summed E-state index contributed by atoms with van der Waals surface area (Å²) in [5, 5.41) is 0. The molecule has 0 bridgehead atoms. The van der Waals surface area contributed by atoms with Gasteiger partial charge in [-0.15, -0.1) is 0 Å². The first-order chi connectivity index (χ1) is 11.3. The molecule has 5 heteroatoms. The maximum atomic E-state index is 12.8. The second kappa shape index (κ2) is 5.96. The third-order valence-electron chi connectivity index (χ3n) is 4.27. The third-order valence-corrected chi connectivity index (χ3v) is 4.27. The van der Waals surface area contributed by atoms with Crippen molar-refractivity contribution >= 4 is 11.6 Å². The topological polar surface area (TPSA) is 49.6 Å². The Morgan fingerprint density at radius 3 is 2.71 bits per heavy atom. The maximum Gasteiger partial charge on any atom is 0.254 e. The van der Waals surface area contributed by atoms with Gasteiger partial charge in [0.15, 0.2) is 5.89 Å². The molecule has 24 heavy (non-hydrogen) atoms. The summed E-state index contributed by atoms with van der Waals surface area (Å²) in [4.78, 5) is 21.3. The van der Waals surface area contributed by atoms with E-state index in [1.807, 2.05) is 48.2 Å². The predicted octanol–water partition coefficient (Wildman–Crippen LogP) is 3.24. The van der Waals surface area contributed by atoms with Crippen molar-refractivity contribution in [2.24, 2.45) is 0 Å². The van der Waals surface area contributed by atoms with Crippen LogP contribution >= 0.6 is 0 Å². The molecular weight excluding hydrogens is 302 g/mol. The van der Waals surface area contributed by atoms with Crippen LogP contribution in [0.4, 0.5) is 5.69 Å². The Bertz CT molecular complexity index is 756. The number of rotatable bonds is 2. The van der Waals surface area contributed by atoms with E-state index in [9.17, 15) is 4.79 Å². The molecule has 2 heterocycles. The highest BCUT2D eigenvalue weighted by Gasteiger charge is 2.29. The Morgan fingerprint density at radius 1 is 1.29 bits per heavy atom. The van der Waals surface area contributed by atoms with Crippen molar-refractivity contribution in [1.29, 1.82) is 0 Å². The molecule has 128 valence electrons. The summed E-state index contributed by atoms with van der Waals surface area (Å²) in [5.74, 6) is 1.71. The molecule has 0 N–H and O–H groups in total. The standard InChI is InChI=1S/C19H25N3O2/c1-19(2,3)18-20-15-12-22(10-9-16(15)24-18)17(23)13-7-6-8-14(11-13)21(4)5/h6-8,11H,9-10,12H2,1-5H3. The van der Waals surface area contributed by atoms with Crippen molar-refractivity contribution in [3.05, 3.63) is 47.2 Å². The summed E-state index contributed by atoms with van der Waals surface area (Å²) in [5.41, 5.74) is 2.51. The Kier molecular flexibility index (Phi) is 4.11. The lowest BCUT2D eigenvalue weighted by atomic mass is 9.97. The van der Waals surface area contributed by atoms with Crippen LogP contribution in [0.5, 0.6) is 0 Å². The molecule has 0 saturated heterocycles. The summed E-state index contributed by atoms with van der Waals surface area (Å²) in [7, 11) is 3.94. The molecule has 3 rings (SSSR count). The van der Waals surface area contributed by atoms with Gasteiger partial charge in [-0.1, -0.05) is 26.8 Å². The number of nitrogens with zero attached hydrogens (tertiary/aromatic N) is 3. The largest absolute Gasteiger partial charge is 0.445 e. The Balaban J connectivity index is 1.81. The zero-order valence-corrected chi connectivity index (χ0v) is 15.1. The van der Waals surface area contributed by atoms with E-state index in [1.54, 1.807) is 0 Å². The monoisotopic (exact) mass is 327 g/mol. The van der Waals surface area contributed by atoms with Crippen molar-refractivity contribution in [3.8, 4) is 0 Å². The number of anilines is 1. The average Bonchev–Trinajstić information content (AvgIpc) is 2.97. The van der Waals surface area contributed by atoms with E-state index in [0.717, 1.165) is 29.5 Å². The van der Waals surface area contributed by atoms with Gasteiger partial charge in [0.2, 0.25) is 0 Å². The second-order valence-corrected chi connectivity index (χ2v) is 7.56. The van der Waals surface area contributed by atoms with Crippen molar-refractivity contribution < 1.29 is 9.21 Å². The SMILES string of the molecule is CN(C)c1cccc(C(=O)N2CCc3oc(C(C)(C)C)nc3C2)c1. The smallest absolute Gasteiger partial charge is 0.254 e. The molecule has 0 spiro atoms. The second-order valence-electron chi connectivity index (χ2n) is 7.56. The minimum Gasteiger partial charge on any atom is -0.445 e. The van der Waals surface area contributed by atoms with Gasteiger partial charge in [-0.2, -0.15) is 0 Å². The van der Waals surface area contributed by atoms with Crippen LogP contribution in [0.25, 0.3) is 0 Å². The van der Waals surface area contributed by atoms with Crippen molar-refractivity contribution in [2.45, 2.75) is 39.2 Å². The minimum atomic E-state index is -0.119. The van der Waals surface area contributed by atoms with Gasteiger partial charge in [0.25, 0.3) is 5.91 Å². The van der Waals surface area contributed by atoms with Crippen LogP contribution in [-0.2, 0) is 18.4 Å². The van der Waals surface area contributed by atoms with E-state index in [0.29, 0.717) is 18.7 Å². The van der Waals surface area contributed by atoms with Crippen molar-refractivity contribution in [3.63, 3.8) is 0 Å². The molecule has 1 amide bonds. The lowest BCUT2D eigenvalue weighted by molar-refractivity contribution is 0.0728. The fourth-order valence-electron chi connectivity index (χ4n) is 2.79. The number of hydrogen-bond donors (Lipinski definition) is 0.